The van der Waals surface area contributed by atoms with Gasteiger partial charge in [-0.3, -0.25) is 9.59 Å². The first-order chi connectivity index (χ1) is 5.66. The van der Waals surface area contributed by atoms with Gasteiger partial charge in [-0.2, -0.15) is 0 Å². The molecule has 0 aromatic rings. The molecule has 0 aromatic heterocycles. The number of carbonyl (C=O) groups is 2. The van der Waals surface area contributed by atoms with Crippen molar-refractivity contribution in [3.63, 3.8) is 0 Å². The first kappa shape index (κ1) is 8.49. The van der Waals surface area contributed by atoms with E-state index in [1.165, 1.54) is 5.94 Å². The Kier molecular flexibility index (Phi) is 2.26. The Morgan fingerprint density at radius 1 is 1.75 bits per heavy atom. The number of nitrogens with zero attached hydrogens (tertiary/aromatic N) is 1. The molecule has 0 aromatic carbocycles. The summed E-state index contributed by atoms with van der Waals surface area (Å²) in [5, 5.41) is 0. The number of primary amides is 1. The predicted octanol–water partition coefficient (Wildman–Crippen LogP) is -1.33. The molecule has 1 heterocycles. The summed E-state index contributed by atoms with van der Waals surface area (Å²) < 4.78 is 0. The molecule has 64 valence electrons. The number of likely N-dealkylation sites (tertiary alicyclic amines) is 1. The molecule has 0 spiro atoms. The zero-order valence-electron chi connectivity index (χ0n) is 6.32. The summed E-state index contributed by atoms with van der Waals surface area (Å²) in [4.78, 5) is 32.8. The number of nitrogens with two attached hydrogens (primary N) is 1. The molecule has 0 saturated carbocycles. The molecule has 0 bridgehead atoms. The van der Waals surface area contributed by atoms with E-state index < -0.39 is 17.7 Å². The molecule has 1 aliphatic rings. The lowest BCUT2D eigenvalue weighted by Crippen LogP contribution is -2.30. The average molecular weight is 168 g/mol. The van der Waals surface area contributed by atoms with E-state index in [2.05, 4.69) is 0 Å². The van der Waals surface area contributed by atoms with Crippen LogP contribution in [0.1, 0.15) is 6.42 Å². The van der Waals surface area contributed by atoms with Crippen molar-refractivity contribution in [1.29, 1.82) is 0 Å². The lowest BCUT2D eigenvalue weighted by molar-refractivity contribution is -0.134. The quantitative estimate of drug-likeness (QED) is 0.409. The van der Waals surface area contributed by atoms with Crippen LogP contribution in [-0.2, 0) is 14.4 Å². The summed E-state index contributed by atoms with van der Waals surface area (Å²) in [6, 6.07) is 0. The smallest absolute Gasteiger partial charge is 0.239 e. The van der Waals surface area contributed by atoms with Gasteiger partial charge < -0.3 is 10.6 Å². The Bertz CT molecular complexity index is 256. The molecule has 12 heavy (non-hydrogen) atoms. The van der Waals surface area contributed by atoms with Crippen molar-refractivity contribution in [2.45, 2.75) is 6.42 Å². The normalized spacial score (nSPS) is 22.2. The first-order valence-corrected chi connectivity index (χ1v) is 3.47. The van der Waals surface area contributed by atoms with Gasteiger partial charge in [0.2, 0.25) is 11.8 Å². The van der Waals surface area contributed by atoms with Crippen LogP contribution >= 0.6 is 0 Å². The largest absolute Gasteiger partial charge is 0.369 e. The Hall–Kier alpha value is -1.61. The van der Waals surface area contributed by atoms with Gasteiger partial charge in [-0.15, -0.1) is 0 Å². The monoisotopic (exact) mass is 168 g/mol. The van der Waals surface area contributed by atoms with E-state index in [9.17, 15) is 14.4 Å². The zero-order valence-corrected chi connectivity index (χ0v) is 6.32. The van der Waals surface area contributed by atoms with Crippen LogP contribution in [0.2, 0.25) is 0 Å². The van der Waals surface area contributed by atoms with E-state index in [0.29, 0.717) is 13.0 Å². The maximum Gasteiger partial charge on any atom is 0.239 e. The molecule has 1 saturated heterocycles. The third kappa shape index (κ3) is 1.35. The van der Waals surface area contributed by atoms with Crippen LogP contribution in [0, 0.1) is 5.92 Å². The van der Waals surface area contributed by atoms with Crippen LogP contribution < -0.4 is 5.73 Å². The van der Waals surface area contributed by atoms with E-state index >= 15 is 0 Å². The van der Waals surface area contributed by atoms with Crippen LogP contribution in [0.3, 0.4) is 0 Å². The number of hydrogen-bond acceptors (Lipinski definition) is 3. The second-order valence-electron chi connectivity index (χ2n) is 2.52. The topological polar surface area (TPSA) is 80.5 Å². The lowest BCUT2D eigenvalue weighted by atomic mass is 10.1. The van der Waals surface area contributed by atoms with Crippen molar-refractivity contribution in [1.82, 2.24) is 4.90 Å². The van der Waals surface area contributed by atoms with Crippen LogP contribution in [0.5, 0.6) is 0 Å². The van der Waals surface area contributed by atoms with E-state index in [1.807, 2.05) is 0 Å². The van der Waals surface area contributed by atoms with E-state index in [0.717, 1.165) is 11.1 Å². The highest BCUT2D eigenvalue weighted by Crippen LogP contribution is 2.16. The minimum Gasteiger partial charge on any atom is -0.369 e. The Balaban J connectivity index is 2.73. The Labute approximate surface area is 68.8 Å². The lowest BCUT2D eigenvalue weighted by Gasteiger charge is -2.06. The predicted molar refractivity (Wildman–Crippen MR) is 39.3 cm³/mol. The van der Waals surface area contributed by atoms with Gasteiger partial charge in [0.1, 0.15) is 11.9 Å². The van der Waals surface area contributed by atoms with Crippen molar-refractivity contribution in [2.75, 3.05) is 6.54 Å². The Morgan fingerprint density at radius 3 is 2.83 bits per heavy atom. The summed E-state index contributed by atoms with van der Waals surface area (Å²) in [7, 11) is 0. The van der Waals surface area contributed by atoms with E-state index in [-0.39, 0.29) is 0 Å². The van der Waals surface area contributed by atoms with Crippen molar-refractivity contribution in [3.05, 3.63) is 6.20 Å². The molecule has 2 N–H and O–H groups in total. The van der Waals surface area contributed by atoms with Gasteiger partial charge in [0.25, 0.3) is 0 Å². The van der Waals surface area contributed by atoms with E-state index in [1.54, 1.807) is 0 Å². The van der Waals surface area contributed by atoms with Crippen LogP contribution in [-0.4, -0.2) is 29.2 Å². The minimum absolute atomic E-state index is 0.363. The third-order valence-corrected chi connectivity index (χ3v) is 1.79. The highest BCUT2D eigenvalue weighted by Gasteiger charge is 2.34. The molecular formula is C7H8N2O3. The van der Waals surface area contributed by atoms with Crippen LogP contribution in [0.15, 0.2) is 6.20 Å². The average Bonchev–Trinajstić information content (AvgIpc) is 2.34. The fourth-order valence-electron chi connectivity index (χ4n) is 1.16. The van der Waals surface area contributed by atoms with Gasteiger partial charge in [0.15, 0.2) is 0 Å². The highest BCUT2D eigenvalue weighted by molar-refractivity contribution is 6.01. The van der Waals surface area contributed by atoms with Crippen molar-refractivity contribution in [2.24, 2.45) is 11.7 Å². The second-order valence-corrected chi connectivity index (χ2v) is 2.52. The summed E-state index contributed by atoms with van der Waals surface area (Å²) in [6.45, 7) is 0.363. The van der Waals surface area contributed by atoms with Gasteiger partial charge in [-0.05, 0) is 6.42 Å². The number of carbonyl (C=O) groups excluding carboxylic acids is 3. The maximum absolute atomic E-state index is 11.2. The molecule has 1 aliphatic heterocycles. The fraction of sp³-hybridized carbons (Fsp3) is 0.429. The molecule has 0 unspecified atom stereocenters. The van der Waals surface area contributed by atoms with Crippen molar-refractivity contribution >= 4 is 17.8 Å². The molecule has 5 nitrogen and oxygen atoms in total. The molecule has 2 amide bonds. The van der Waals surface area contributed by atoms with Gasteiger partial charge >= 0.3 is 0 Å². The van der Waals surface area contributed by atoms with Gasteiger partial charge in [-0.1, -0.05) is 0 Å². The van der Waals surface area contributed by atoms with Crippen molar-refractivity contribution < 1.29 is 14.4 Å². The maximum atomic E-state index is 11.2. The summed E-state index contributed by atoms with van der Waals surface area (Å²) in [6.07, 6.45) is 1.37. The first-order valence-electron chi connectivity index (χ1n) is 3.47. The van der Waals surface area contributed by atoms with Crippen LogP contribution in [0.25, 0.3) is 0 Å². The molecule has 1 atom stereocenters. The minimum atomic E-state index is -0.769. The zero-order chi connectivity index (χ0) is 9.14. The summed E-state index contributed by atoms with van der Waals surface area (Å²) in [5.74, 6) is -0.340. The Morgan fingerprint density at radius 2 is 2.42 bits per heavy atom. The van der Waals surface area contributed by atoms with Gasteiger partial charge in [0, 0.05) is 6.54 Å². The van der Waals surface area contributed by atoms with E-state index in [4.69, 9.17) is 5.73 Å². The van der Waals surface area contributed by atoms with Crippen LogP contribution in [0.4, 0.5) is 0 Å². The van der Waals surface area contributed by atoms with Gasteiger partial charge in [0.05, 0.1) is 6.20 Å². The second kappa shape index (κ2) is 3.19. The SMILES string of the molecule is NC(=O)[C@@H]1CCN(C=C=O)C1=O. The van der Waals surface area contributed by atoms with Crippen molar-refractivity contribution in [3.8, 4) is 0 Å². The molecule has 5 heteroatoms. The molecular weight excluding hydrogens is 160 g/mol. The standard InChI is InChI=1S/C7H8N2O3/c8-6(11)5-1-2-9(3-4-10)7(5)12/h3,5H,1-2H2,(H2,8,11)/t5-/m0/s1. The number of rotatable bonds is 2. The molecule has 1 fully saturated rings. The van der Waals surface area contributed by atoms with Gasteiger partial charge in [-0.25, -0.2) is 4.79 Å². The summed E-state index contributed by atoms with van der Waals surface area (Å²) >= 11 is 0. The number of hydrogen-bond donors (Lipinski definition) is 1. The molecule has 0 radical (unpaired) electrons. The fourth-order valence-corrected chi connectivity index (χ4v) is 1.16. The number of amides is 2. The third-order valence-electron chi connectivity index (χ3n) is 1.79. The highest BCUT2D eigenvalue weighted by atomic mass is 16.2. The molecule has 0 aliphatic carbocycles. The summed E-state index contributed by atoms with van der Waals surface area (Å²) in [5.41, 5.74) is 4.95. The molecule has 1 rings (SSSR count).